The molecule has 0 spiro atoms. The highest BCUT2D eigenvalue weighted by atomic mass is 127. The van der Waals surface area contributed by atoms with Gasteiger partial charge >= 0.3 is 0 Å². The molecule has 1 rings (SSSR count). The van der Waals surface area contributed by atoms with E-state index in [1.54, 1.807) is 0 Å². The standard InChI is InChI=1S/C15H25N3O.HI/c1-5-16-15(18-12(2)3)17-9-10-19-14-8-6-7-13(4)11-14;/h6-8,11-12H,5,9-10H2,1-4H3,(H2,16,17,18);1H. The maximum absolute atomic E-state index is 5.66. The number of aliphatic imine (C=N–C) groups is 1. The van der Waals surface area contributed by atoms with Gasteiger partial charge in [-0.05, 0) is 45.4 Å². The highest BCUT2D eigenvalue weighted by Gasteiger charge is 1.99. The Kier molecular flexibility index (Phi) is 10.2. The van der Waals surface area contributed by atoms with E-state index in [1.807, 2.05) is 18.2 Å². The monoisotopic (exact) mass is 391 g/mol. The van der Waals surface area contributed by atoms with Crippen molar-refractivity contribution < 1.29 is 4.74 Å². The van der Waals surface area contributed by atoms with Crippen molar-refractivity contribution in [2.24, 2.45) is 4.99 Å². The number of halogens is 1. The summed E-state index contributed by atoms with van der Waals surface area (Å²) in [5.74, 6) is 1.74. The van der Waals surface area contributed by atoms with Crippen molar-refractivity contribution >= 4 is 29.9 Å². The van der Waals surface area contributed by atoms with E-state index in [4.69, 9.17) is 4.74 Å². The quantitative estimate of drug-likeness (QED) is 0.339. The first-order valence-corrected chi connectivity index (χ1v) is 6.86. The van der Waals surface area contributed by atoms with Gasteiger partial charge in [-0.1, -0.05) is 12.1 Å². The minimum absolute atomic E-state index is 0. The molecule has 2 N–H and O–H groups in total. The van der Waals surface area contributed by atoms with E-state index < -0.39 is 0 Å². The summed E-state index contributed by atoms with van der Waals surface area (Å²) >= 11 is 0. The van der Waals surface area contributed by atoms with E-state index >= 15 is 0 Å². The van der Waals surface area contributed by atoms with Gasteiger partial charge in [0.25, 0.3) is 0 Å². The van der Waals surface area contributed by atoms with Crippen LogP contribution in [-0.2, 0) is 0 Å². The molecule has 0 unspecified atom stereocenters. The number of aryl methyl sites for hydroxylation is 1. The summed E-state index contributed by atoms with van der Waals surface area (Å²) in [6.07, 6.45) is 0. The average Bonchev–Trinajstić information content (AvgIpc) is 2.34. The smallest absolute Gasteiger partial charge is 0.191 e. The predicted molar refractivity (Wildman–Crippen MR) is 96.3 cm³/mol. The largest absolute Gasteiger partial charge is 0.492 e. The van der Waals surface area contributed by atoms with Crippen molar-refractivity contribution in [3.8, 4) is 5.75 Å². The molecule has 0 aliphatic rings. The predicted octanol–water partition coefficient (Wildman–Crippen LogP) is 2.96. The van der Waals surface area contributed by atoms with Crippen molar-refractivity contribution in [3.63, 3.8) is 0 Å². The fourth-order valence-electron chi connectivity index (χ4n) is 1.62. The third-order valence-electron chi connectivity index (χ3n) is 2.39. The van der Waals surface area contributed by atoms with Crippen LogP contribution in [0.3, 0.4) is 0 Å². The van der Waals surface area contributed by atoms with Gasteiger partial charge in [0.1, 0.15) is 12.4 Å². The molecule has 5 heteroatoms. The maximum Gasteiger partial charge on any atom is 0.191 e. The van der Waals surface area contributed by atoms with Gasteiger partial charge in [0.15, 0.2) is 5.96 Å². The van der Waals surface area contributed by atoms with E-state index in [0.717, 1.165) is 18.3 Å². The van der Waals surface area contributed by atoms with Gasteiger partial charge in [-0.25, -0.2) is 4.99 Å². The van der Waals surface area contributed by atoms with Gasteiger partial charge in [0.05, 0.1) is 6.54 Å². The van der Waals surface area contributed by atoms with E-state index in [-0.39, 0.29) is 24.0 Å². The van der Waals surface area contributed by atoms with E-state index in [0.29, 0.717) is 19.2 Å². The second-order valence-electron chi connectivity index (χ2n) is 4.72. The molecule has 0 aliphatic carbocycles. The first-order valence-electron chi connectivity index (χ1n) is 6.86. The summed E-state index contributed by atoms with van der Waals surface area (Å²) in [5, 5.41) is 6.48. The highest BCUT2D eigenvalue weighted by molar-refractivity contribution is 14.0. The van der Waals surface area contributed by atoms with E-state index in [1.165, 1.54) is 5.56 Å². The SMILES string of the molecule is CCNC(=NCCOc1cccc(C)c1)NC(C)C.I. The van der Waals surface area contributed by atoms with Crippen molar-refractivity contribution in [2.45, 2.75) is 33.7 Å². The summed E-state index contributed by atoms with van der Waals surface area (Å²) in [6, 6.07) is 8.42. The molecule has 0 radical (unpaired) electrons. The third kappa shape index (κ3) is 8.24. The first kappa shape index (κ1) is 19.0. The lowest BCUT2D eigenvalue weighted by Crippen LogP contribution is -2.41. The summed E-state index contributed by atoms with van der Waals surface area (Å²) < 4.78 is 5.66. The topological polar surface area (TPSA) is 45.7 Å². The van der Waals surface area contributed by atoms with Crippen LogP contribution < -0.4 is 15.4 Å². The fourth-order valence-corrected chi connectivity index (χ4v) is 1.62. The Morgan fingerprint density at radius 2 is 2.10 bits per heavy atom. The van der Waals surface area contributed by atoms with Crippen molar-refractivity contribution in [2.75, 3.05) is 19.7 Å². The summed E-state index contributed by atoms with van der Waals surface area (Å²) in [7, 11) is 0. The van der Waals surface area contributed by atoms with Crippen molar-refractivity contribution in [1.82, 2.24) is 10.6 Å². The third-order valence-corrected chi connectivity index (χ3v) is 2.39. The zero-order valence-corrected chi connectivity index (χ0v) is 15.1. The fraction of sp³-hybridized carbons (Fsp3) is 0.533. The summed E-state index contributed by atoms with van der Waals surface area (Å²) in [4.78, 5) is 4.46. The van der Waals surface area contributed by atoms with E-state index in [9.17, 15) is 0 Å². The minimum Gasteiger partial charge on any atom is -0.492 e. The molecule has 1 aromatic carbocycles. The Bertz CT molecular complexity index is 408. The number of nitrogens with zero attached hydrogens (tertiary/aromatic N) is 1. The van der Waals surface area contributed by atoms with Crippen LogP contribution in [0.4, 0.5) is 0 Å². The van der Waals surface area contributed by atoms with Gasteiger partial charge in [-0.2, -0.15) is 0 Å². The van der Waals surface area contributed by atoms with Crippen LogP contribution in [-0.4, -0.2) is 31.7 Å². The lowest BCUT2D eigenvalue weighted by molar-refractivity contribution is 0.328. The molecule has 0 aliphatic heterocycles. The zero-order chi connectivity index (χ0) is 14.1. The van der Waals surface area contributed by atoms with E-state index in [2.05, 4.69) is 49.4 Å². The lowest BCUT2D eigenvalue weighted by atomic mass is 10.2. The number of rotatable bonds is 6. The van der Waals surface area contributed by atoms with Gasteiger partial charge < -0.3 is 15.4 Å². The molecular weight excluding hydrogens is 365 g/mol. The number of nitrogens with one attached hydrogen (secondary N) is 2. The van der Waals surface area contributed by atoms with Gasteiger partial charge in [0.2, 0.25) is 0 Å². The Morgan fingerprint density at radius 3 is 2.70 bits per heavy atom. The molecule has 0 atom stereocenters. The number of benzene rings is 1. The van der Waals surface area contributed by atoms with Gasteiger partial charge in [-0.3, -0.25) is 0 Å². The Balaban J connectivity index is 0.00000361. The Hall–Kier alpha value is -0.980. The summed E-state index contributed by atoms with van der Waals surface area (Å²) in [6.45, 7) is 10.4. The zero-order valence-electron chi connectivity index (χ0n) is 12.8. The Morgan fingerprint density at radius 1 is 1.35 bits per heavy atom. The molecule has 114 valence electrons. The van der Waals surface area contributed by atoms with Crippen molar-refractivity contribution in [1.29, 1.82) is 0 Å². The average molecular weight is 391 g/mol. The number of guanidine groups is 1. The minimum atomic E-state index is 0. The van der Waals surface area contributed by atoms with Crippen LogP contribution in [0.5, 0.6) is 5.75 Å². The molecule has 0 saturated carbocycles. The Labute approximate surface area is 139 Å². The number of hydrogen-bond donors (Lipinski definition) is 2. The molecule has 0 amide bonds. The van der Waals surface area contributed by atoms with Crippen LogP contribution in [0, 0.1) is 6.92 Å². The van der Waals surface area contributed by atoms with Gasteiger partial charge in [-0.15, -0.1) is 24.0 Å². The summed E-state index contributed by atoms with van der Waals surface area (Å²) in [5.41, 5.74) is 1.20. The molecule has 4 nitrogen and oxygen atoms in total. The highest BCUT2D eigenvalue weighted by Crippen LogP contribution is 2.11. The van der Waals surface area contributed by atoms with Crippen LogP contribution in [0.25, 0.3) is 0 Å². The molecule has 0 fully saturated rings. The van der Waals surface area contributed by atoms with Crippen LogP contribution in [0.2, 0.25) is 0 Å². The maximum atomic E-state index is 5.66. The first-order chi connectivity index (χ1) is 9.11. The lowest BCUT2D eigenvalue weighted by Gasteiger charge is -2.14. The molecule has 0 heterocycles. The van der Waals surface area contributed by atoms with Crippen LogP contribution in [0.15, 0.2) is 29.3 Å². The molecule has 0 bridgehead atoms. The molecule has 1 aromatic rings. The van der Waals surface area contributed by atoms with Gasteiger partial charge in [0, 0.05) is 12.6 Å². The van der Waals surface area contributed by atoms with Crippen molar-refractivity contribution in [3.05, 3.63) is 29.8 Å². The normalized spacial score (nSPS) is 10.9. The second-order valence-corrected chi connectivity index (χ2v) is 4.72. The molecular formula is C15H26IN3O. The van der Waals surface area contributed by atoms with Crippen LogP contribution >= 0.6 is 24.0 Å². The number of hydrogen-bond acceptors (Lipinski definition) is 2. The second kappa shape index (κ2) is 10.8. The molecule has 0 aromatic heterocycles. The molecule has 0 saturated heterocycles. The number of ether oxygens (including phenoxy) is 1. The van der Waals surface area contributed by atoms with Crippen LogP contribution in [0.1, 0.15) is 26.3 Å². The molecule has 20 heavy (non-hydrogen) atoms.